The Balaban J connectivity index is 2.12. The lowest BCUT2D eigenvalue weighted by atomic mass is 10.1. The first-order chi connectivity index (χ1) is 9.28. The van der Waals surface area contributed by atoms with Gasteiger partial charge in [0.1, 0.15) is 0 Å². The molecule has 0 bridgehead atoms. The van der Waals surface area contributed by atoms with Crippen LogP contribution in [0.25, 0.3) is 0 Å². The number of hydrogen-bond acceptors (Lipinski definition) is 5. The van der Waals surface area contributed by atoms with E-state index in [9.17, 15) is 0 Å². The Bertz CT molecular complexity index is 408. The van der Waals surface area contributed by atoms with Gasteiger partial charge in [-0.2, -0.15) is 5.10 Å². The van der Waals surface area contributed by atoms with Gasteiger partial charge in [-0.3, -0.25) is 0 Å². The molecule has 0 spiro atoms. The van der Waals surface area contributed by atoms with Gasteiger partial charge in [0.15, 0.2) is 0 Å². The fraction of sp³-hybridized carbons (Fsp3) is 0.786. The topological polar surface area (TPSA) is 51.1 Å². The third kappa shape index (κ3) is 3.41. The zero-order valence-corrected chi connectivity index (χ0v) is 12.2. The van der Waals surface area contributed by atoms with Crippen LogP contribution in [0.4, 0.5) is 5.95 Å². The molecule has 2 heterocycles. The highest BCUT2D eigenvalue weighted by Crippen LogP contribution is 2.18. The predicted octanol–water partition coefficient (Wildman–Crippen LogP) is 2.00. The molecule has 0 saturated carbocycles. The lowest BCUT2D eigenvalue weighted by molar-refractivity contribution is 0.0523. The van der Waals surface area contributed by atoms with Crippen molar-refractivity contribution in [1.29, 1.82) is 0 Å². The maximum atomic E-state index is 5.72. The highest BCUT2D eigenvalue weighted by Gasteiger charge is 2.22. The molecule has 19 heavy (non-hydrogen) atoms. The van der Waals surface area contributed by atoms with Crippen LogP contribution in [-0.4, -0.2) is 41.0 Å². The zero-order chi connectivity index (χ0) is 13.7. The smallest absolute Gasteiger partial charge is 0.245 e. The number of ether oxygens (including phenoxy) is 1. The number of rotatable bonds is 5. The Morgan fingerprint density at radius 1 is 1.16 bits per heavy atom. The monoisotopic (exact) mass is 264 g/mol. The summed E-state index contributed by atoms with van der Waals surface area (Å²) in [7, 11) is 0. The van der Waals surface area contributed by atoms with E-state index in [2.05, 4.69) is 33.9 Å². The van der Waals surface area contributed by atoms with Crippen LogP contribution in [0, 0.1) is 0 Å². The van der Waals surface area contributed by atoms with Crippen molar-refractivity contribution in [1.82, 2.24) is 15.2 Å². The first kappa shape index (κ1) is 14.2. The summed E-state index contributed by atoms with van der Waals surface area (Å²) in [6.07, 6.45) is 4.37. The van der Waals surface area contributed by atoms with Gasteiger partial charge >= 0.3 is 0 Å². The van der Waals surface area contributed by atoms with Crippen molar-refractivity contribution in [2.24, 2.45) is 0 Å². The third-order valence-corrected chi connectivity index (χ3v) is 3.56. The van der Waals surface area contributed by atoms with Crippen LogP contribution in [0.2, 0.25) is 0 Å². The molecule has 1 unspecified atom stereocenters. The van der Waals surface area contributed by atoms with Crippen molar-refractivity contribution in [3.63, 3.8) is 0 Å². The second kappa shape index (κ2) is 6.80. The molecule has 1 atom stereocenters. The molecular weight excluding hydrogens is 240 g/mol. The normalized spacial score (nSPS) is 19.7. The molecule has 1 aromatic heterocycles. The summed E-state index contributed by atoms with van der Waals surface area (Å²) in [5, 5.41) is 8.60. The van der Waals surface area contributed by atoms with E-state index in [-0.39, 0.29) is 0 Å². The first-order valence-electron chi connectivity index (χ1n) is 7.37. The second-order valence-electron chi connectivity index (χ2n) is 4.88. The van der Waals surface area contributed by atoms with Gasteiger partial charge in [-0.1, -0.05) is 13.8 Å². The Morgan fingerprint density at radius 2 is 1.95 bits per heavy atom. The Morgan fingerprint density at radius 3 is 2.63 bits per heavy atom. The summed E-state index contributed by atoms with van der Waals surface area (Å²) in [5.74, 6) is 0.762. The predicted molar refractivity (Wildman–Crippen MR) is 75.4 cm³/mol. The number of nitrogens with zero attached hydrogens (tertiary/aromatic N) is 4. The lowest BCUT2D eigenvalue weighted by Gasteiger charge is -2.32. The molecule has 5 heteroatoms. The maximum Gasteiger partial charge on any atom is 0.245 e. The number of aromatic nitrogens is 3. The summed E-state index contributed by atoms with van der Waals surface area (Å²) < 4.78 is 5.72. The van der Waals surface area contributed by atoms with Crippen LogP contribution >= 0.6 is 0 Å². The lowest BCUT2D eigenvalue weighted by Crippen LogP contribution is -2.41. The van der Waals surface area contributed by atoms with E-state index < -0.39 is 0 Å². The molecular formula is C14H24N4O. The summed E-state index contributed by atoms with van der Waals surface area (Å²) in [6, 6.07) is 0. The minimum absolute atomic E-state index is 0.304. The summed E-state index contributed by atoms with van der Waals surface area (Å²) in [5.41, 5.74) is 2.09. The van der Waals surface area contributed by atoms with Gasteiger partial charge < -0.3 is 9.64 Å². The van der Waals surface area contributed by atoms with Gasteiger partial charge in [-0.15, -0.1) is 5.10 Å². The zero-order valence-electron chi connectivity index (χ0n) is 12.2. The van der Waals surface area contributed by atoms with E-state index in [1.54, 1.807) is 0 Å². The maximum absolute atomic E-state index is 5.72. The largest absolute Gasteiger partial charge is 0.377 e. The molecule has 0 radical (unpaired) electrons. The van der Waals surface area contributed by atoms with Gasteiger partial charge in [-0.05, 0) is 32.6 Å². The minimum atomic E-state index is 0.304. The molecule has 0 N–H and O–H groups in total. The van der Waals surface area contributed by atoms with Crippen molar-refractivity contribution in [3.05, 3.63) is 11.4 Å². The van der Waals surface area contributed by atoms with E-state index in [0.717, 1.165) is 62.7 Å². The highest BCUT2D eigenvalue weighted by molar-refractivity contribution is 5.31. The molecule has 1 aliphatic heterocycles. The summed E-state index contributed by atoms with van der Waals surface area (Å²) >= 11 is 0. The number of piperidine rings is 1. The molecule has 1 aliphatic rings. The van der Waals surface area contributed by atoms with Gasteiger partial charge in [0.25, 0.3) is 0 Å². The fourth-order valence-electron chi connectivity index (χ4n) is 2.55. The van der Waals surface area contributed by atoms with Crippen LogP contribution in [0.1, 0.15) is 45.0 Å². The van der Waals surface area contributed by atoms with Crippen molar-refractivity contribution in [3.8, 4) is 0 Å². The number of hydrogen-bond donors (Lipinski definition) is 0. The number of aryl methyl sites for hydroxylation is 2. The average molecular weight is 264 g/mol. The van der Waals surface area contributed by atoms with Crippen LogP contribution in [0.5, 0.6) is 0 Å². The van der Waals surface area contributed by atoms with Gasteiger partial charge in [-0.25, -0.2) is 4.98 Å². The molecule has 0 aliphatic carbocycles. The summed E-state index contributed by atoms with van der Waals surface area (Å²) in [6.45, 7) is 8.90. The molecule has 0 aromatic carbocycles. The molecule has 5 nitrogen and oxygen atoms in total. The van der Waals surface area contributed by atoms with Crippen molar-refractivity contribution in [2.75, 3.05) is 24.6 Å². The standard InChI is InChI=1S/C14H24N4O/c1-4-12-13(5-2)16-17-14(15-12)18-9-7-8-11(10-18)19-6-3/h11H,4-10H2,1-3H3. The van der Waals surface area contributed by atoms with Crippen molar-refractivity contribution < 1.29 is 4.74 Å². The average Bonchev–Trinajstić information content (AvgIpc) is 2.47. The Hall–Kier alpha value is -1.23. The SMILES string of the molecule is CCOC1CCCN(c2nnc(CC)c(CC)n2)C1. The third-order valence-electron chi connectivity index (χ3n) is 3.56. The van der Waals surface area contributed by atoms with Crippen LogP contribution in [0.15, 0.2) is 0 Å². The molecule has 0 amide bonds. The van der Waals surface area contributed by atoms with Crippen LogP contribution < -0.4 is 4.90 Å². The van der Waals surface area contributed by atoms with E-state index in [0.29, 0.717) is 6.10 Å². The summed E-state index contributed by atoms with van der Waals surface area (Å²) in [4.78, 5) is 6.88. The van der Waals surface area contributed by atoms with E-state index in [1.165, 1.54) is 0 Å². The van der Waals surface area contributed by atoms with Gasteiger partial charge in [0.2, 0.25) is 5.95 Å². The molecule has 1 saturated heterocycles. The second-order valence-corrected chi connectivity index (χ2v) is 4.88. The van der Waals surface area contributed by atoms with Crippen molar-refractivity contribution >= 4 is 5.95 Å². The van der Waals surface area contributed by atoms with Gasteiger partial charge in [0, 0.05) is 19.7 Å². The molecule has 2 rings (SSSR count). The van der Waals surface area contributed by atoms with Crippen LogP contribution in [0.3, 0.4) is 0 Å². The van der Waals surface area contributed by atoms with E-state index in [1.807, 2.05) is 6.92 Å². The number of anilines is 1. The fourth-order valence-corrected chi connectivity index (χ4v) is 2.55. The van der Waals surface area contributed by atoms with E-state index in [4.69, 9.17) is 4.74 Å². The Labute approximate surface area is 115 Å². The molecule has 1 aromatic rings. The minimum Gasteiger partial charge on any atom is -0.377 e. The molecule has 1 fully saturated rings. The van der Waals surface area contributed by atoms with Gasteiger partial charge in [0.05, 0.1) is 17.5 Å². The Kier molecular flexibility index (Phi) is 5.07. The van der Waals surface area contributed by atoms with E-state index >= 15 is 0 Å². The quantitative estimate of drug-likeness (QED) is 0.814. The first-order valence-corrected chi connectivity index (χ1v) is 7.37. The molecule has 106 valence electrons. The van der Waals surface area contributed by atoms with Crippen molar-refractivity contribution in [2.45, 2.75) is 52.6 Å². The van der Waals surface area contributed by atoms with Crippen LogP contribution in [-0.2, 0) is 17.6 Å². The highest BCUT2D eigenvalue weighted by atomic mass is 16.5.